The van der Waals surface area contributed by atoms with Gasteiger partial charge in [0, 0.05) is 6.04 Å². The Morgan fingerprint density at radius 3 is 2.27 bits per heavy atom. The lowest BCUT2D eigenvalue weighted by molar-refractivity contribution is 0.121. The fourth-order valence-corrected chi connectivity index (χ4v) is 9.61. The van der Waals surface area contributed by atoms with Crippen molar-refractivity contribution in [3.8, 4) is 0 Å². The first-order chi connectivity index (χ1) is 18.2. The molecule has 3 aliphatic carbocycles. The van der Waals surface area contributed by atoms with Gasteiger partial charge in [0.1, 0.15) is 0 Å². The maximum absolute atomic E-state index is 3.93. The van der Waals surface area contributed by atoms with Crippen LogP contribution in [0.4, 0.5) is 0 Å². The monoisotopic (exact) mass is 512 g/mol. The summed E-state index contributed by atoms with van der Waals surface area (Å²) in [6.45, 7) is 11.3. The van der Waals surface area contributed by atoms with Crippen molar-refractivity contribution in [2.45, 2.75) is 162 Å². The molecule has 0 aromatic rings. The summed E-state index contributed by atoms with van der Waals surface area (Å²) >= 11 is 0. The van der Waals surface area contributed by atoms with Crippen LogP contribution in [0, 0.1) is 47.3 Å². The van der Waals surface area contributed by atoms with Gasteiger partial charge in [-0.1, -0.05) is 109 Å². The second-order valence-electron chi connectivity index (χ2n) is 14.2. The van der Waals surface area contributed by atoms with E-state index in [-0.39, 0.29) is 0 Å². The van der Waals surface area contributed by atoms with E-state index < -0.39 is 0 Å². The first-order valence-electron chi connectivity index (χ1n) is 17.6. The quantitative estimate of drug-likeness (QED) is 0.191. The molecular formula is C36H65N. The lowest BCUT2D eigenvalue weighted by atomic mass is 9.66. The van der Waals surface area contributed by atoms with Crippen molar-refractivity contribution in [3.05, 3.63) is 11.6 Å². The molecule has 8 atom stereocenters. The maximum atomic E-state index is 3.93. The second-order valence-corrected chi connectivity index (χ2v) is 14.2. The Bertz CT molecular complexity index is 658. The van der Waals surface area contributed by atoms with E-state index in [1.165, 1.54) is 135 Å². The molecule has 1 heterocycles. The van der Waals surface area contributed by atoms with Crippen LogP contribution < -0.4 is 5.32 Å². The molecule has 8 unspecified atom stereocenters. The Balaban J connectivity index is 1.34. The standard InChI is InChI=1S/C36H65N/c1-5-29(20-15-18-28-16-11-8-9-12-17-28)30(6-2)22-23-33-27(4)37-25-24-35(33)32(7-3)34-21-14-10-13-19-31-26-36(31)34/h21,27-33,35-37H,5-20,22-26H2,1-4H3. The zero-order valence-electron chi connectivity index (χ0n) is 25.6. The van der Waals surface area contributed by atoms with Crippen molar-refractivity contribution in [1.29, 1.82) is 0 Å². The van der Waals surface area contributed by atoms with Crippen LogP contribution in [0.5, 0.6) is 0 Å². The van der Waals surface area contributed by atoms with Crippen LogP contribution in [0.1, 0.15) is 156 Å². The van der Waals surface area contributed by atoms with E-state index in [4.69, 9.17) is 0 Å². The molecule has 4 aliphatic rings. The summed E-state index contributed by atoms with van der Waals surface area (Å²) in [7, 11) is 0. The molecule has 214 valence electrons. The fraction of sp³-hybridized carbons (Fsp3) is 0.944. The van der Waals surface area contributed by atoms with Gasteiger partial charge in [-0.25, -0.2) is 0 Å². The molecule has 0 amide bonds. The van der Waals surface area contributed by atoms with E-state index in [1.54, 1.807) is 0 Å². The third kappa shape index (κ3) is 8.35. The molecular weight excluding hydrogens is 446 g/mol. The maximum Gasteiger partial charge on any atom is 0.00698 e. The molecule has 1 saturated heterocycles. The van der Waals surface area contributed by atoms with Crippen molar-refractivity contribution >= 4 is 0 Å². The molecule has 3 fully saturated rings. The van der Waals surface area contributed by atoms with Crippen LogP contribution >= 0.6 is 0 Å². The molecule has 1 nitrogen and oxygen atoms in total. The van der Waals surface area contributed by atoms with E-state index in [2.05, 4.69) is 39.1 Å². The molecule has 1 aliphatic heterocycles. The summed E-state index contributed by atoms with van der Waals surface area (Å²) in [4.78, 5) is 0. The Hall–Kier alpha value is -0.300. The molecule has 0 spiro atoms. The molecule has 4 rings (SSSR count). The van der Waals surface area contributed by atoms with Gasteiger partial charge < -0.3 is 5.32 Å². The Labute approximate surface area is 232 Å². The number of rotatable bonds is 13. The van der Waals surface area contributed by atoms with Gasteiger partial charge in [0.25, 0.3) is 0 Å². The molecule has 37 heavy (non-hydrogen) atoms. The van der Waals surface area contributed by atoms with Crippen LogP contribution in [0.15, 0.2) is 11.6 Å². The largest absolute Gasteiger partial charge is 0.314 e. The van der Waals surface area contributed by atoms with Gasteiger partial charge in [-0.3, -0.25) is 0 Å². The SMILES string of the molecule is CCC(CCCC1CCCCCC1)C(CC)CCC1C(C)NCCC1C(CC)C1=CCCCCC2CC12. The van der Waals surface area contributed by atoms with Crippen LogP contribution in [0.25, 0.3) is 0 Å². The van der Waals surface area contributed by atoms with Crippen molar-refractivity contribution in [1.82, 2.24) is 5.32 Å². The highest BCUT2D eigenvalue weighted by molar-refractivity contribution is 5.21. The highest BCUT2D eigenvalue weighted by Crippen LogP contribution is 2.54. The molecule has 1 heteroatoms. The summed E-state index contributed by atoms with van der Waals surface area (Å²) in [5.74, 6) is 7.63. The molecule has 2 saturated carbocycles. The van der Waals surface area contributed by atoms with Gasteiger partial charge in [-0.15, -0.1) is 0 Å². The average molecular weight is 512 g/mol. The lowest BCUT2D eigenvalue weighted by Crippen LogP contribution is -2.47. The van der Waals surface area contributed by atoms with Crippen LogP contribution in [-0.4, -0.2) is 12.6 Å². The van der Waals surface area contributed by atoms with Crippen LogP contribution in [0.2, 0.25) is 0 Å². The van der Waals surface area contributed by atoms with Gasteiger partial charge in [-0.2, -0.15) is 0 Å². The highest BCUT2D eigenvalue weighted by atomic mass is 14.9. The van der Waals surface area contributed by atoms with Gasteiger partial charge in [-0.05, 0) is 112 Å². The minimum atomic E-state index is 0.699. The van der Waals surface area contributed by atoms with Gasteiger partial charge >= 0.3 is 0 Å². The van der Waals surface area contributed by atoms with Crippen LogP contribution in [0.3, 0.4) is 0 Å². The minimum absolute atomic E-state index is 0.699. The average Bonchev–Trinajstić information content (AvgIpc) is 3.70. The Kier molecular flexibility index (Phi) is 12.4. The number of nitrogens with one attached hydrogen (secondary N) is 1. The summed E-state index contributed by atoms with van der Waals surface area (Å²) in [5, 5.41) is 3.93. The summed E-state index contributed by atoms with van der Waals surface area (Å²) in [5.41, 5.74) is 1.94. The Morgan fingerprint density at radius 1 is 0.811 bits per heavy atom. The predicted molar refractivity (Wildman–Crippen MR) is 163 cm³/mol. The highest BCUT2D eigenvalue weighted by Gasteiger charge is 2.45. The third-order valence-electron chi connectivity index (χ3n) is 12.0. The molecule has 0 bridgehead atoms. The van der Waals surface area contributed by atoms with Gasteiger partial charge in [0.05, 0.1) is 0 Å². The zero-order valence-corrected chi connectivity index (χ0v) is 25.6. The van der Waals surface area contributed by atoms with Gasteiger partial charge in [0.2, 0.25) is 0 Å². The van der Waals surface area contributed by atoms with E-state index >= 15 is 0 Å². The number of piperidine rings is 1. The number of allylic oxidation sites excluding steroid dienone is 2. The summed E-state index contributed by atoms with van der Waals surface area (Å²) < 4.78 is 0. The van der Waals surface area contributed by atoms with E-state index in [1.807, 2.05) is 5.57 Å². The molecule has 0 radical (unpaired) electrons. The first kappa shape index (κ1) is 29.7. The third-order valence-corrected chi connectivity index (χ3v) is 12.0. The van der Waals surface area contributed by atoms with Gasteiger partial charge in [0.15, 0.2) is 0 Å². The van der Waals surface area contributed by atoms with E-state index in [0.29, 0.717) is 6.04 Å². The number of fused-ring (bicyclic) bond motifs is 1. The topological polar surface area (TPSA) is 12.0 Å². The minimum Gasteiger partial charge on any atom is -0.314 e. The summed E-state index contributed by atoms with van der Waals surface area (Å²) in [6, 6.07) is 0.699. The summed E-state index contributed by atoms with van der Waals surface area (Å²) in [6.07, 6.45) is 32.2. The lowest BCUT2D eigenvalue weighted by Gasteiger charge is -2.43. The molecule has 1 N–H and O–H groups in total. The smallest absolute Gasteiger partial charge is 0.00698 e. The molecule has 0 aromatic carbocycles. The van der Waals surface area contributed by atoms with E-state index in [9.17, 15) is 0 Å². The normalized spacial score (nSPS) is 33.8. The van der Waals surface area contributed by atoms with Crippen molar-refractivity contribution < 1.29 is 0 Å². The van der Waals surface area contributed by atoms with E-state index in [0.717, 1.165) is 47.3 Å². The first-order valence-corrected chi connectivity index (χ1v) is 17.6. The second kappa shape index (κ2) is 15.5. The molecule has 0 aromatic heterocycles. The van der Waals surface area contributed by atoms with Crippen molar-refractivity contribution in [2.24, 2.45) is 47.3 Å². The number of hydrogen-bond acceptors (Lipinski definition) is 1. The van der Waals surface area contributed by atoms with Crippen molar-refractivity contribution in [3.63, 3.8) is 0 Å². The fourth-order valence-electron chi connectivity index (χ4n) is 9.61. The zero-order chi connectivity index (χ0) is 26.0. The number of hydrogen-bond donors (Lipinski definition) is 1. The Morgan fingerprint density at radius 2 is 1.54 bits per heavy atom. The van der Waals surface area contributed by atoms with Crippen LogP contribution in [-0.2, 0) is 0 Å². The van der Waals surface area contributed by atoms with Crippen molar-refractivity contribution in [2.75, 3.05) is 6.54 Å². The predicted octanol–water partition coefficient (Wildman–Crippen LogP) is 10.7.